The molecule has 0 unspecified atom stereocenters. The van der Waals surface area contributed by atoms with Gasteiger partial charge in [0, 0.05) is 26.1 Å². The highest BCUT2D eigenvalue weighted by atomic mass is 19.1. The lowest BCUT2D eigenvalue weighted by Gasteiger charge is -2.00. The standard InChI is InChI=1S/C12H13FN4O/c13-9-2-1-3-10(8-9)17-12(18)16-7-6-14-5-4-11(16)15-17/h1-3,8,14H,4-7H2. The molecule has 0 bridgehead atoms. The molecule has 3 rings (SSSR count). The van der Waals surface area contributed by atoms with Crippen molar-refractivity contribution in [3.05, 3.63) is 46.4 Å². The first-order chi connectivity index (χ1) is 8.75. The summed E-state index contributed by atoms with van der Waals surface area (Å²) in [6, 6.07) is 5.91. The molecule has 1 N–H and O–H groups in total. The number of nitrogens with one attached hydrogen (secondary N) is 1. The van der Waals surface area contributed by atoms with Gasteiger partial charge in [-0.3, -0.25) is 4.57 Å². The van der Waals surface area contributed by atoms with Crippen LogP contribution in [0.15, 0.2) is 29.1 Å². The molecule has 1 aromatic carbocycles. The summed E-state index contributed by atoms with van der Waals surface area (Å²) in [7, 11) is 0. The van der Waals surface area contributed by atoms with Gasteiger partial charge in [0.05, 0.1) is 5.69 Å². The summed E-state index contributed by atoms with van der Waals surface area (Å²) < 4.78 is 16.1. The van der Waals surface area contributed by atoms with Crippen molar-refractivity contribution in [3.8, 4) is 5.69 Å². The average Bonchev–Trinajstić information content (AvgIpc) is 2.55. The van der Waals surface area contributed by atoms with E-state index in [1.54, 1.807) is 16.7 Å². The molecule has 5 nitrogen and oxygen atoms in total. The zero-order valence-electron chi connectivity index (χ0n) is 9.77. The maximum absolute atomic E-state index is 13.2. The fraction of sp³-hybridized carbons (Fsp3) is 0.333. The Morgan fingerprint density at radius 1 is 1.33 bits per heavy atom. The van der Waals surface area contributed by atoms with E-state index < -0.39 is 0 Å². The van der Waals surface area contributed by atoms with E-state index in [1.165, 1.54) is 16.8 Å². The molecule has 2 aromatic rings. The summed E-state index contributed by atoms with van der Waals surface area (Å²) in [6.45, 7) is 2.16. The SMILES string of the molecule is O=c1n(-c2cccc(F)c2)nc2n1CCNCC2. The molecule has 0 radical (unpaired) electrons. The Kier molecular flexibility index (Phi) is 2.71. The van der Waals surface area contributed by atoms with Crippen molar-refractivity contribution < 1.29 is 4.39 Å². The predicted octanol–water partition coefficient (Wildman–Crippen LogP) is 0.319. The van der Waals surface area contributed by atoms with Crippen LogP contribution in [0.3, 0.4) is 0 Å². The highest BCUT2D eigenvalue weighted by molar-refractivity contribution is 5.30. The number of rotatable bonds is 1. The quantitative estimate of drug-likeness (QED) is 0.790. The second-order valence-corrected chi connectivity index (χ2v) is 4.24. The van der Waals surface area contributed by atoms with Crippen LogP contribution in [-0.2, 0) is 13.0 Å². The number of halogens is 1. The molecular formula is C12H13FN4O. The Balaban J connectivity index is 2.11. The fourth-order valence-electron chi connectivity index (χ4n) is 2.14. The van der Waals surface area contributed by atoms with Crippen LogP contribution in [-0.4, -0.2) is 27.4 Å². The Bertz CT molecular complexity index is 631. The van der Waals surface area contributed by atoms with Gasteiger partial charge in [0.2, 0.25) is 0 Å². The number of hydrogen-bond acceptors (Lipinski definition) is 3. The maximum Gasteiger partial charge on any atom is 0.350 e. The largest absolute Gasteiger partial charge is 0.350 e. The van der Waals surface area contributed by atoms with Crippen LogP contribution in [0.25, 0.3) is 5.69 Å². The zero-order chi connectivity index (χ0) is 12.5. The van der Waals surface area contributed by atoms with E-state index in [-0.39, 0.29) is 11.5 Å². The second-order valence-electron chi connectivity index (χ2n) is 4.24. The van der Waals surface area contributed by atoms with Crippen LogP contribution in [0.5, 0.6) is 0 Å². The Morgan fingerprint density at radius 2 is 2.22 bits per heavy atom. The number of fused-ring (bicyclic) bond motifs is 1. The van der Waals surface area contributed by atoms with Crippen molar-refractivity contribution >= 4 is 0 Å². The molecule has 0 fully saturated rings. The van der Waals surface area contributed by atoms with E-state index in [9.17, 15) is 9.18 Å². The van der Waals surface area contributed by atoms with Gasteiger partial charge in [-0.1, -0.05) is 6.07 Å². The van der Waals surface area contributed by atoms with E-state index >= 15 is 0 Å². The third-order valence-electron chi connectivity index (χ3n) is 3.03. The van der Waals surface area contributed by atoms with Gasteiger partial charge in [0.15, 0.2) is 0 Å². The Labute approximate surface area is 103 Å². The van der Waals surface area contributed by atoms with E-state index in [2.05, 4.69) is 10.4 Å². The van der Waals surface area contributed by atoms with Crippen LogP contribution in [0.1, 0.15) is 5.82 Å². The van der Waals surface area contributed by atoms with Gasteiger partial charge in [-0.05, 0) is 18.2 Å². The number of aromatic nitrogens is 3. The van der Waals surface area contributed by atoms with Gasteiger partial charge in [-0.2, -0.15) is 4.68 Å². The van der Waals surface area contributed by atoms with Crippen molar-refractivity contribution in [2.45, 2.75) is 13.0 Å². The first-order valence-electron chi connectivity index (χ1n) is 5.91. The molecule has 0 amide bonds. The predicted molar refractivity (Wildman–Crippen MR) is 64.4 cm³/mol. The first-order valence-corrected chi connectivity index (χ1v) is 5.91. The number of benzene rings is 1. The van der Waals surface area contributed by atoms with E-state index in [4.69, 9.17) is 0 Å². The minimum atomic E-state index is -0.371. The average molecular weight is 248 g/mol. The first kappa shape index (κ1) is 11.2. The summed E-state index contributed by atoms with van der Waals surface area (Å²) in [5.74, 6) is 0.374. The molecule has 2 heterocycles. The van der Waals surface area contributed by atoms with Crippen LogP contribution in [0, 0.1) is 5.82 Å². The van der Waals surface area contributed by atoms with Gasteiger partial charge < -0.3 is 5.32 Å². The molecule has 18 heavy (non-hydrogen) atoms. The van der Waals surface area contributed by atoms with E-state index in [0.717, 1.165) is 18.9 Å². The fourth-order valence-corrected chi connectivity index (χ4v) is 2.14. The van der Waals surface area contributed by atoms with Crippen LogP contribution < -0.4 is 11.0 Å². The minimum Gasteiger partial charge on any atom is -0.315 e. The molecule has 0 spiro atoms. The summed E-state index contributed by atoms with van der Waals surface area (Å²) in [4.78, 5) is 12.2. The Hall–Kier alpha value is -1.95. The minimum absolute atomic E-state index is 0.209. The topological polar surface area (TPSA) is 51.9 Å². The van der Waals surface area contributed by atoms with Gasteiger partial charge >= 0.3 is 5.69 Å². The number of nitrogens with zero attached hydrogens (tertiary/aromatic N) is 3. The van der Waals surface area contributed by atoms with Crippen LogP contribution in [0.4, 0.5) is 4.39 Å². The van der Waals surface area contributed by atoms with Gasteiger partial charge in [-0.15, -0.1) is 5.10 Å². The lowest BCUT2D eigenvalue weighted by atomic mass is 10.3. The van der Waals surface area contributed by atoms with Crippen LogP contribution >= 0.6 is 0 Å². The van der Waals surface area contributed by atoms with Gasteiger partial charge in [0.25, 0.3) is 0 Å². The third kappa shape index (κ3) is 1.84. The van der Waals surface area contributed by atoms with Gasteiger partial charge in [-0.25, -0.2) is 9.18 Å². The van der Waals surface area contributed by atoms with Crippen molar-refractivity contribution in [3.63, 3.8) is 0 Å². The normalized spacial score (nSPS) is 15.2. The zero-order valence-corrected chi connectivity index (χ0v) is 9.77. The third-order valence-corrected chi connectivity index (χ3v) is 3.03. The smallest absolute Gasteiger partial charge is 0.315 e. The summed E-state index contributed by atoms with van der Waals surface area (Å²) in [5, 5.41) is 7.49. The lowest BCUT2D eigenvalue weighted by Crippen LogP contribution is -2.27. The number of hydrogen-bond donors (Lipinski definition) is 1. The lowest BCUT2D eigenvalue weighted by molar-refractivity contribution is 0.615. The van der Waals surface area contributed by atoms with E-state index in [1.807, 2.05) is 0 Å². The molecule has 0 aliphatic carbocycles. The molecular weight excluding hydrogens is 235 g/mol. The maximum atomic E-state index is 13.2. The summed E-state index contributed by atoms with van der Waals surface area (Å²) in [5.41, 5.74) is 0.257. The highest BCUT2D eigenvalue weighted by Gasteiger charge is 2.16. The van der Waals surface area contributed by atoms with E-state index in [0.29, 0.717) is 18.7 Å². The molecule has 0 saturated carbocycles. The molecule has 0 atom stereocenters. The van der Waals surface area contributed by atoms with Gasteiger partial charge in [0.1, 0.15) is 11.6 Å². The molecule has 1 aromatic heterocycles. The van der Waals surface area contributed by atoms with Crippen LogP contribution in [0.2, 0.25) is 0 Å². The molecule has 1 aliphatic heterocycles. The van der Waals surface area contributed by atoms with Crippen molar-refractivity contribution in [2.24, 2.45) is 0 Å². The monoisotopic (exact) mass is 248 g/mol. The Morgan fingerprint density at radius 3 is 3.06 bits per heavy atom. The summed E-state index contributed by atoms with van der Waals surface area (Å²) in [6.07, 6.45) is 0.706. The summed E-state index contributed by atoms with van der Waals surface area (Å²) >= 11 is 0. The molecule has 6 heteroatoms. The molecule has 1 aliphatic rings. The molecule has 94 valence electrons. The van der Waals surface area contributed by atoms with Crippen molar-refractivity contribution in [2.75, 3.05) is 13.1 Å². The molecule has 0 saturated heterocycles. The van der Waals surface area contributed by atoms with Crippen molar-refractivity contribution in [1.29, 1.82) is 0 Å². The van der Waals surface area contributed by atoms with Crippen molar-refractivity contribution in [1.82, 2.24) is 19.7 Å². The highest BCUT2D eigenvalue weighted by Crippen LogP contribution is 2.08. The second kappa shape index (κ2) is 4.38.